The first-order valence-electron chi connectivity index (χ1n) is 19.8. The van der Waals surface area contributed by atoms with Gasteiger partial charge in [0.2, 0.25) is 0 Å². The molecule has 1 unspecified atom stereocenters. The molecule has 13 rings (SSSR count). The molecule has 1 aromatic heterocycles. The van der Waals surface area contributed by atoms with E-state index >= 15 is 0 Å². The number of rotatable bonds is 1. The average molecular weight is 724 g/mol. The Morgan fingerprint density at radius 3 is 1.49 bits per heavy atom. The van der Waals surface area contributed by atoms with Gasteiger partial charge in [0.15, 0.2) is 0 Å². The van der Waals surface area contributed by atoms with Gasteiger partial charge in [-0.3, -0.25) is 0 Å². The van der Waals surface area contributed by atoms with Crippen LogP contribution in [0.2, 0.25) is 0 Å². The van der Waals surface area contributed by atoms with Gasteiger partial charge in [-0.2, -0.15) is 0 Å². The molecule has 2 heteroatoms. The Morgan fingerprint density at radius 2 is 0.807 bits per heavy atom. The van der Waals surface area contributed by atoms with Crippen molar-refractivity contribution in [1.29, 1.82) is 0 Å². The normalized spacial score (nSPS) is 15.4. The Labute approximate surface area is 330 Å². The molecule has 0 bridgehead atoms. The van der Waals surface area contributed by atoms with Crippen molar-refractivity contribution in [3.05, 3.63) is 222 Å². The lowest BCUT2D eigenvalue weighted by Gasteiger charge is -2.36. The van der Waals surface area contributed by atoms with E-state index < -0.39 is 5.41 Å². The number of benzene rings is 9. The van der Waals surface area contributed by atoms with Crippen molar-refractivity contribution >= 4 is 39.0 Å². The third-order valence-electron chi connectivity index (χ3n) is 12.9. The lowest BCUT2D eigenvalue weighted by atomic mass is 9.66. The van der Waals surface area contributed by atoms with Crippen molar-refractivity contribution in [1.82, 2.24) is 0 Å². The molecule has 2 nitrogen and oxygen atoms in total. The molecule has 0 amide bonds. The smallest absolute Gasteiger partial charge is 0.143 e. The van der Waals surface area contributed by atoms with Crippen LogP contribution < -0.4 is 4.90 Å². The zero-order chi connectivity index (χ0) is 37.2. The summed E-state index contributed by atoms with van der Waals surface area (Å²) in [6, 6.07) is 74.1. The fraction of sp³-hybridized carbons (Fsp3) is 0.0182. The predicted octanol–water partition coefficient (Wildman–Crippen LogP) is 14.7. The second kappa shape index (κ2) is 11.3. The molecule has 2 heterocycles. The highest BCUT2D eigenvalue weighted by Gasteiger charge is 2.51. The minimum absolute atomic E-state index is 0.618. The minimum atomic E-state index is -0.618. The van der Waals surface area contributed by atoms with Gasteiger partial charge in [-0.25, -0.2) is 0 Å². The molecular formula is C55H33NO. The van der Waals surface area contributed by atoms with Crippen molar-refractivity contribution in [3.8, 4) is 55.6 Å². The second-order valence-corrected chi connectivity index (χ2v) is 15.5. The molecule has 1 atom stereocenters. The van der Waals surface area contributed by atoms with Gasteiger partial charge in [-0.05, 0) is 91.5 Å². The first kappa shape index (κ1) is 30.9. The quantitative estimate of drug-likeness (QED) is 0.168. The fourth-order valence-corrected chi connectivity index (χ4v) is 10.6. The summed E-state index contributed by atoms with van der Waals surface area (Å²) in [5, 5.41) is 2.30. The molecular weight excluding hydrogens is 691 g/mol. The van der Waals surface area contributed by atoms with E-state index in [4.69, 9.17) is 4.42 Å². The van der Waals surface area contributed by atoms with E-state index in [-0.39, 0.29) is 0 Å². The molecule has 9 aromatic carbocycles. The summed E-state index contributed by atoms with van der Waals surface area (Å²) in [5.41, 5.74) is 22.1. The van der Waals surface area contributed by atoms with E-state index in [1.54, 1.807) is 0 Å². The lowest BCUT2D eigenvalue weighted by Crippen LogP contribution is -2.29. The first-order chi connectivity index (χ1) is 28.3. The Bertz CT molecular complexity index is 3260. The average Bonchev–Trinajstić information content (AvgIpc) is 3.73. The van der Waals surface area contributed by atoms with Crippen molar-refractivity contribution in [2.75, 3.05) is 4.90 Å². The Hall–Kier alpha value is -7.42. The molecule has 2 aliphatic carbocycles. The number of hydrogen-bond acceptors (Lipinski definition) is 2. The summed E-state index contributed by atoms with van der Waals surface area (Å²) in [4.78, 5) is 2.48. The van der Waals surface area contributed by atoms with Gasteiger partial charge in [-0.15, -0.1) is 0 Å². The second-order valence-electron chi connectivity index (χ2n) is 15.5. The topological polar surface area (TPSA) is 16.4 Å². The molecule has 3 aliphatic rings. The van der Waals surface area contributed by atoms with Gasteiger partial charge in [0.25, 0.3) is 0 Å². The third kappa shape index (κ3) is 3.94. The highest BCUT2D eigenvalue weighted by atomic mass is 16.3. The summed E-state index contributed by atoms with van der Waals surface area (Å²) in [7, 11) is 0. The van der Waals surface area contributed by atoms with Crippen LogP contribution in [0.3, 0.4) is 0 Å². The van der Waals surface area contributed by atoms with E-state index in [1.165, 1.54) is 89.3 Å². The van der Waals surface area contributed by atoms with Gasteiger partial charge in [-0.1, -0.05) is 170 Å². The standard InChI is InChI=1S/C55H33NO/c1-4-18-38-35(15-1)39-19-5-10-24-46(39)55(47-25-11-6-23-44(47)53-49(55)32-30-43-42-22-9-14-28-52(42)57-54(43)53)48-31-29-34(33-45(38)48)56-50-26-12-7-20-40(50)36-16-2-3-17-37(36)41-21-8-13-27-51(41)56/h1-33H. The van der Waals surface area contributed by atoms with Crippen molar-refractivity contribution in [2.24, 2.45) is 0 Å². The number of para-hydroxylation sites is 3. The van der Waals surface area contributed by atoms with Crippen LogP contribution in [0.15, 0.2) is 205 Å². The highest BCUT2D eigenvalue weighted by molar-refractivity contribution is 6.13. The van der Waals surface area contributed by atoms with Gasteiger partial charge in [0.1, 0.15) is 11.2 Å². The minimum Gasteiger partial charge on any atom is -0.455 e. The van der Waals surface area contributed by atoms with E-state index in [0.717, 1.165) is 27.6 Å². The summed E-state index contributed by atoms with van der Waals surface area (Å²) in [5.74, 6) is 0. The molecule has 264 valence electrons. The van der Waals surface area contributed by atoms with Gasteiger partial charge in [0, 0.05) is 33.2 Å². The fourth-order valence-electron chi connectivity index (χ4n) is 10.6. The van der Waals surface area contributed by atoms with Crippen LogP contribution in [-0.2, 0) is 5.41 Å². The maximum absolute atomic E-state index is 6.85. The monoisotopic (exact) mass is 723 g/mol. The van der Waals surface area contributed by atoms with Crippen molar-refractivity contribution in [3.63, 3.8) is 0 Å². The van der Waals surface area contributed by atoms with Crippen LogP contribution in [0.4, 0.5) is 17.1 Å². The summed E-state index contributed by atoms with van der Waals surface area (Å²) in [6.45, 7) is 0. The molecule has 0 N–H and O–H groups in total. The van der Waals surface area contributed by atoms with Crippen LogP contribution in [0, 0.1) is 0 Å². The maximum atomic E-state index is 6.85. The summed E-state index contributed by atoms with van der Waals surface area (Å²) < 4.78 is 6.85. The highest BCUT2D eigenvalue weighted by Crippen LogP contribution is 2.63. The number of hydrogen-bond donors (Lipinski definition) is 0. The van der Waals surface area contributed by atoms with Gasteiger partial charge < -0.3 is 9.32 Å². The van der Waals surface area contributed by atoms with Crippen LogP contribution in [0.1, 0.15) is 22.3 Å². The molecule has 10 aromatic rings. The molecule has 0 saturated heterocycles. The number of nitrogens with zero attached hydrogens (tertiary/aromatic N) is 1. The van der Waals surface area contributed by atoms with E-state index in [2.05, 4.69) is 205 Å². The molecule has 57 heavy (non-hydrogen) atoms. The Morgan fingerprint density at radius 1 is 0.333 bits per heavy atom. The number of anilines is 3. The molecule has 0 saturated carbocycles. The van der Waals surface area contributed by atoms with E-state index in [0.29, 0.717) is 0 Å². The zero-order valence-electron chi connectivity index (χ0n) is 30.9. The van der Waals surface area contributed by atoms with Crippen LogP contribution in [-0.4, -0.2) is 0 Å². The maximum Gasteiger partial charge on any atom is 0.143 e. The van der Waals surface area contributed by atoms with Crippen molar-refractivity contribution < 1.29 is 4.42 Å². The molecule has 0 radical (unpaired) electrons. The summed E-state index contributed by atoms with van der Waals surface area (Å²) >= 11 is 0. The van der Waals surface area contributed by atoms with Gasteiger partial charge in [0.05, 0.1) is 16.8 Å². The van der Waals surface area contributed by atoms with Crippen LogP contribution >= 0.6 is 0 Å². The Balaban J connectivity index is 1.16. The largest absolute Gasteiger partial charge is 0.455 e. The molecule has 1 aliphatic heterocycles. The van der Waals surface area contributed by atoms with Crippen LogP contribution in [0.25, 0.3) is 77.6 Å². The van der Waals surface area contributed by atoms with Crippen LogP contribution in [0.5, 0.6) is 0 Å². The van der Waals surface area contributed by atoms with E-state index in [1.807, 2.05) is 0 Å². The predicted molar refractivity (Wildman–Crippen MR) is 235 cm³/mol. The number of fused-ring (bicyclic) bond motifs is 21. The lowest BCUT2D eigenvalue weighted by molar-refractivity contribution is 0.669. The third-order valence-corrected chi connectivity index (χ3v) is 12.9. The SMILES string of the molecule is c1ccc2c(c1)-c1ccccc1N(c1ccc3c(c1)-c1ccccc1-c1ccccc1C31c3ccccc3-c3c1ccc1c3oc3ccccc31)c1ccccc1-2. The first-order valence-corrected chi connectivity index (χ1v) is 19.8. The zero-order valence-corrected chi connectivity index (χ0v) is 30.9. The molecule has 0 fully saturated rings. The van der Waals surface area contributed by atoms with Crippen molar-refractivity contribution in [2.45, 2.75) is 5.41 Å². The Kier molecular flexibility index (Phi) is 6.13. The van der Waals surface area contributed by atoms with E-state index in [9.17, 15) is 0 Å². The summed E-state index contributed by atoms with van der Waals surface area (Å²) in [6.07, 6.45) is 0. The van der Waals surface area contributed by atoms with Gasteiger partial charge >= 0.3 is 0 Å². The number of furan rings is 1. The molecule has 1 spiro atoms.